The van der Waals surface area contributed by atoms with Crippen molar-refractivity contribution in [3.8, 4) is 0 Å². The molecule has 0 bridgehead atoms. The standard InChI is InChI=1S/C9H14N2S/c1-2-4-11-5-3-8-9(6-11)12-7-10-8/h7H,2-6H2,1H3. The summed E-state index contributed by atoms with van der Waals surface area (Å²) in [5, 5.41) is 0. The van der Waals surface area contributed by atoms with Crippen molar-refractivity contribution in [2.45, 2.75) is 26.3 Å². The fraction of sp³-hybridized carbons (Fsp3) is 0.667. The SMILES string of the molecule is CCCN1CCc2ncsc2C1. The van der Waals surface area contributed by atoms with E-state index >= 15 is 0 Å². The molecule has 2 heterocycles. The molecule has 0 N–H and O–H groups in total. The molecule has 0 saturated carbocycles. The van der Waals surface area contributed by atoms with Gasteiger partial charge in [-0.2, -0.15) is 0 Å². The van der Waals surface area contributed by atoms with Gasteiger partial charge in [0, 0.05) is 24.4 Å². The third kappa shape index (κ3) is 1.52. The van der Waals surface area contributed by atoms with Crippen LogP contribution in [0.1, 0.15) is 23.9 Å². The molecule has 66 valence electrons. The van der Waals surface area contributed by atoms with Gasteiger partial charge in [0.1, 0.15) is 0 Å². The average molecular weight is 182 g/mol. The molecule has 1 aliphatic rings. The van der Waals surface area contributed by atoms with Gasteiger partial charge in [0.25, 0.3) is 0 Å². The minimum absolute atomic E-state index is 1.13. The second kappa shape index (κ2) is 3.54. The van der Waals surface area contributed by atoms with Crippen LogP contribution in [-0.4, -0.2) is 23.0 Å². The highest BCUT2D eigenvalue weighted by molar-refractivity contribution is 7.09. The van der Waals surface area contributed by atoms with E-state index in [2.05, 4.69) is 16.8 Å². The van der Waals surface area contributed by atoms with Gasteiger partial charge in [0.2, 0.25) is 0 Å². The van der Waals surface area contributed by atoms with E-state index in [0.717, 1.165) is 13.0 Å². The van der Waals surface area contributed by atoms with Crippen molar-refractivity contribution in [3.05, 3.63) is 16.1 Å². The summed E-state index contributed by atoms with van der Waals surface area (Å²) in [6.07, 6.45) is 2.41. The monoisotopic (exact) mass is 182 g/mol. The van der Waals surface area contributed by atoms with Crippen molar-refractivity contribution in [2.24, 2.45) is 0 Å². The Morgan fingerprint density at radius 3 is 3.42 bits per heavy atom. The smallest absolute Gasteiger partial charge is 0.0798 e. The first kappa shape index (κ1) is 8.20. The molecule has 1 aromatic heterocycles. The zero-order valence-corrected chi connectivity index (χ0v) is 8.23. The van der Waals surface area contributed by atoms with E-state index in [1.54, 1.807) is 11.3 Å². The number of fused-ring (bicyclic) bond motifs is 1. The molecule has 2 rings (SSSR count). The average Bonchev–Trinajstić information content (AvgIpc) is 2.51. The highest BCUT2D eigenvalue weighted by Crippen LogP contribution is 2.21. The van der Waals surface area contributed by atoms with Crippen LogP contribution in [0.25, 0.3) is 0 Å². The second-order valence-electron chi connectivity index (χ2n) is 3.25. The Balaban J connectivity index is 2.05. The normalized spacial score (nSPS) is 17.8. The van der Waals surface area contributed by atoms with Crippen molar-refractivity contribution in [2.75, 3.05) is 13.1 Å². The van der Waals surface area contributed by atoms with Gasteiger partial charge in [-0.1, -0.05) is 6.92 Å². The molecule has 0 aliphatic carbocycles. The van der Waals surface area contributed by atoms with Crippen LogP contribution in [0, 0.1) is 0 Å². The molecule has 12 heavy (non-hydrogen) atoms. The topological polar surface area (TPSA) is 16.1 Å². The van der Waals surface area contributed by atoms with E-state index in [1.807, 2.05) is 5.51 Å². The first-order chi connectivity index (χ1) is 5.90. The zero-order chi connectivity index (χ0) is 8.39. The zero-order valence-electron chi connectivity index (χ0n) is 7.42. The number of nitrogens with zero attached hydrogens (tertiary/aromatic N) is 2. The van der Waals surface area contributed by atoms with Crippen LogP contribution in [0.2, 0.25) is 0 Å². The van der Waals surface area contributed by atoms with Gasteiger partial charge in [-0.25, -0.2) is 4.98 Å². The summed E-state index contributed by atoms with van der Waals surface area (Å²) in [5.74, 6) is 0. The number of hydrogen-bond donors (Lipinski definition) is 0. The molecule has 0 unspecified atom stereocenters. The van der Waals surface area contributed by atoms with E-state index in [1.165, 1.54) is 30.1 Å². The first-order valence-corrected chi connectivity index (χ1v) is 5.41. The van der Waals surface area contributed by atoms with Gasteiger partial charge in [-0.15, -0.1) is 11.3 Å². The third-order valence-corrected chi connectivity index (χ3v) is 3.16. The lowest BCUT2D eigenvalue weighted by molar-refractivity contribution is 0.256. The molecule has 0 aromatic carbocycles. The highest BCUT2D eigenvalue weighted by atomic mass is 32.1. The molecule has 1 aromatic rings. The summed E-state index contributed by atoms with van der Waals surface area (Å²) in [4.78, 5) is 8.34. The van der Waals surface area contributed by atoms with Crippen LogP contribution in [0.3, 0.4) is 0 Å². The predicted octanol–water partition coefficient (Wildman–Crippen LogP) is 1.91. The molecule has 0 fully saturated rings. The van der Waals surface area contributed by atoms with Crippen LogP contribution >= 0.6 is 11.3 Å². The lowest BCUT2D eigenvalue weighted by atomic mass is 10.2. The van der Waals surface area contributed by atoms with Crippen molar-refractivity contribution < 1.29 is 0 Å². The van der Waals surface area contributed by atoms with Crippen molar-refractivity contribution in [3.63, 3.8) is 0 Å². The summed E-state index contributed by atoms with van der Waals surface area (Å²) in [6.45, 7) is 5.80. The fourth-order valence-electron chi connectivity index (χ4n) is 1.68. The summed E-state index contributed by atoms with van der Waals surface area (Å²) in [5.41, 5.74) is 3.31. The third-order valence-electron chi connectivity index (χ3n) is 2.30. The molecule has 0 saturated heterocycles. The Labute approximate surface area is 77.2 Å². The summed E-state index contributed by atoms with van der Waals surface area (Å²) in [7, 11) is 0. The van der Waals surface area contributed by atoms with E-state index in [0.29, 0.717) is 0 Å². The van der Waals surface area contributed by atoms with Crippen molar-refractivity contribution in [1.29, 1.82) is 0 Å². The van der Waals surface area contributed by atoms with Gasteiger partial charge in [-0.3, -0.25) is 4.90 Å². The lowest BCUT2D eigenvalue weighted by Crippen LogP contribution is -2.30. The molecule has 1 aliphatic heterocycles. The van der Waals surface area contributed by atoms with E-state index < -0.39 is 0 Å². The maximum absolute atomic E-state index is 4.34. The van der Waals surface area contributed by atoms with Gasteiger partial charge in [0.05, 0.1) is 11.2 Å². The Kier molecular flexibility index (Phi) is 2.42. The molecule has 0 spiro atoms. The molecule has 0 atom stereocenters. The summed E-state index contributed by atoms with van der Waals surface area (Å²) in [6, 6.07) is 0. The molecule has 0 amide bonds. The van der Waals surface area contributed by atoms with Crippen LogP contribution in [0.4, 0.5) is 0 Å². The maximum atomic E-state index is 4.34. The highest BCUT2D eigenvalue weighted by Gasteiger charge is 2.16. The predicted molar refractivity (Wildman–Crippen MR) is 51.4 cm³/mol. The Bertz CT molecular complexity index is 257. The number of hydrogen-bond acceptors (Lipinski definition) is 3. The Hall–Kier alpha value is -0.410. The number of thiazole rings is 1. The van der Waals surface area contributed by atoms with Gasteiger partial charge < -0.3 is 0 Å². The van der Waals surface area contributed by atoms with Gasteiger partial charge in [0.15, 0.2) is 0 Å². The minimum Gasteiger partial charge on any atom is -0.298 e. The summed E-state index contributed by atoms with van der Waals surface area (Å²) < 4.78 is 0. The van der Waals surface area contributed by atoms with Crippen LogP contribution in [0.5, 0.6) is 0 Å². The molecule has 3 heteroatoms. The fourth-order valence-corrected chi connectivity index (χ4v) is 2.53. The largest absolute Gasteiger partial charge is 0.298 e. The molecule has 2 nitrogen and oxygen atoms in total. The van der Waals surface area contributed by atoms with Crippen molar-refractivity contribution >= 4 is 11.3 Å². The quantitative estimate of drug-likeness (QED) is 0.694. The number of rotatable bonds is 2. The maximum Gasteiger partial charge on any atom is 0.0798 e. The van der Waals surface area contributed by atoms with E-state index in [9.17, 15) is 0 Å². The van der Waals surface area contributed by atoms with Gasteiger partial charge >= 0.3 is 0 Å². The molecular weight excluding hydrogens is 168 g/mol. The Morgan fingerprint density at radius 1 is 1.67 bits per heavy atom. The van der Waals surface area contributed by atoms with E-state index in [-0.39, 0.29) is 0 Å². The van der Waals surface area contributed by atoms with Crippen molar-refractivity contribution in [1.82, 2.24) is 9.88 Å². The Morgan fingerprint density at radius 2 is 2.58 bits per heavy atom. The van der Waals surface area contributed by atoms with Crippen LogP contribution in [-0.2, 0) is 13.0 Å². The minimum atomic E-state index is 1.13. The van der Waals surface area contributed by atoms with Crippen LogP contribution in [0.15, 0.2) is 5.51 Å². The lowest BCUT2D eigenvalue weighted by Gasteiger charge is -2.25. The van der Waals surface area contributed by atoms with E-state index in [4.69, 9.17) is 0 Å². The molecule has 0 radical (unpaired) electrons. The second-order valence-corrected chi connectivity index (χ2v) is 4.19. The summed E-state index contributed by atoms with van der Waals surface area (Å²) >= 11 is 1.80. The van der Waals surface area contributed by atoms with Gasteiger partial charge in [-0.05, 0) is 13.0 Å². The molecular formula is C9H14N2S. The number of aromatic nitrogens is 1. The van der Waals surface area contributed by atoms with Crippen LogP contribution < -0.4 is 0 Å². The first-order valence-electron chi connectivity index (χ1n) is 4.53.